The molecule has 0 N–H and O–H groups in total. The summed E-state index contributed by atoms with van der Waals surface area (Å²) in [7, 11) is 1.65. The van der Waals surface area contributed by atoms with Gasteiger partial charge in [0.2, 0.25) is 0 Å². The molecule has 16 heavy (non-hydrogen) atoms. The minimum atomic E-state index is 0.755. The lowest BCUT2D eigenvalue weighted by Crippen LogP contribution is -1.81. The van der Waals surface area contributed by atoms with Gasteiger partial charge in [0.25, 0.3) is 0 Å². The summed E-state index contributed by atoms with van der Waals surface area (Å²) in [6.07, 6.45) is 0.875. The van der Waals surface area contributed by atoms with Crippen LogP contribution >= 0.6 is 23.1 Å². The van der Waals surface area contributed by atoms with Crippen molar-refractivity contribution in [3.05, 3.63) is 40.6 Å². The van der Waals surface area contributed by atoms with E-state index in [1.54, 1.807) is 18.9 Å². The van der Waals surface area contributed by atoms with Crippen molar-refractivity contribution in [3.8, 4) is 5.75 Å². The first-order chi connectivity index (χ1) is 7.81. The van der Waals surface area contributed by atoms with Crippen molar-refractivity contribution in [2.75, 3.05) is 7.11 Å². The summed E-state index contributed by atoms with van der Waals surface area (Å²) < 4.78 is 5.15. The number of rotatable bonds is 4. The highest BCUT2D eigenvalue weighted by molar-refractivity contribution is 7.99. The van der Waals surface area contributed by atoms with Crippen molar-refractivity contribution < 1.29 is 9.53 Å². The molecule has 2 nitrogen and oxygen atoms in total. The molecule has 0 radical (unpaired) electrons. The monoisotopic (exact) mass is 250 g/mol. The average molecular weight is 250 g/mol. The van der Waals surface area contributed by atoms with Crippen molar-refractivity contribution in [1.29, 1.82) is 0 Å². The van der Waals surface area contributed by atoms with Gasteiger partial charge < -0.3 is 4.74 Å². The highest BCUT2D eigenvalue weighted by Gasteiger charge is 2.02. The fraction of sp³-hybridized carbons (Fsp3) is 0.0833. The van der Waals surface area contributed by atoms with Crippen LogP contribution in [0.3, 0.4) is 0 Å². The normalized spacial score (nSPS) is 10.1. The van der Waals surface area contributed by atoms with Crippen LogP contribution < -0.4 is 4.74 Å². The summed E-state index contributed by atoms with van der Waals surface area (Å²) >= 11 is 3.08. The van der Waals surface area contributed by atoms with Gasteiger partial charge in [0.15, 0.2) is 6.29 Å². The molecule has 0 spiro atoms. The van der Waals surface area contributed by atoms with E-state index in [-0.39, 0.29) is 0 Å². The summed E-state index contributed by atoms with van der Waals surface area (Å²) in [6.45, 7) is 0. The Morgan fingerprint density at radius 3 is 2.88 bits per heavy atom. The Hall–Kier alpha value is -1.26. The van der Waals surface area contributed by atoms with E-state index in [2.05, 4.69) is 0 Å². The Labute approximate surface area is 102 Å². The lowest BCUT2D eigenvalue weighted by molar-refractivity contribution is 0.112. The molecule has 0 bridgehead atoms. The first-order valence-corrected chi connectivity index (χ1v) is 6.37. The predicted molar refractivity (Wildman–Crippen MR) is 66.8 cm³/mol. The van der Waals surface area contributed by atoms with E-state index in [1.807, 2.05) is 35.7 Å². The molecule has 0 amide bonds. The van der Waals surface area contributed by atoms with Gasteiger partial charge in [0.1, 0.15) is 5.75 Å². The SMILES string of the molecule is COc1cccc(Sc2csc(C=O)c2)c1. The average Bonchev–Trinajstić information content (AvgIpc) is 2.77. The largest absolute Gasteiger partial charge is 0.497 e. The third kappa shape index (κ3) is 2.65. The molecule has 1 aromatic heterocycles. The topological polar surface area (TPSA) is 26.3 Å². The number of hydrogen-bond donors (Lipinski definition) is 0. The van der Waals surface area contributed by atoms with Crippen molar-refractivity contribution in [2.45, 2.75) is 9.79 Å². The summed E-state index contributed by atoms with van der Waals surface area (Å²) in [4.78, 5) is 13.5. The molecule has 1 heterocycles. The first-order valence-electron chi connectivity index (χ1n) is 4.67. The molecule has 0 fully saturated rings. The minimum Gasteiger partial charge on any atom is -0.497 e. The number of ether oxygens (including phenoxy) is 1. The van der Waals surface area contributed by atoms with Gasteiger partial charge >= 0.3 is 0 Å². The van der Waals surface area contributed by atoms with Crippen LogP contribution in [0.2, 0.25) is 0 Å². The summed E-state index contributed by atoms with van der Waals surface area (Å²) in [5.41, 5.74) is 0. The van der Waals surface area contributed by atoms with Gasteiger partial charge in [-0.25, -0.2) is 0 Å². The fourth-order valence-corrected chi connectivity index (χ4v) is 3.01. The molecule has 0 atom stereocenters. The summed E-state index contributed by atoms with van der Waals surface area (Å²) in [5.74, 6) is 0.843. The maximum Gasteiger partial charge on any atom is 0.160 e. The van der Waals surface area contributed by atoms with Crippen LogP contribution in [0.15, 0.2) is 45.5 Å². The maximum absolute atomic E-state index is 10.6. The highest BCUT2D eigenvalue weighted by atomic mass is 32.2. The zero-order valence-electron chi connectivity index (χ0n) is 8.67. The molecule has 2 aromatic rings. The van der Waals surface area contributed by atoms with Gasteiger partial charge in [-0.3, -0.25) is 4.79 Å². The Balaban J connectivity index is 2.16. The van der Waals surface area contributed by atoms with E-state index in [1.165, 1.54) is 11.3 Å². The number of aldehydes is 1. The Morgan fingerprint density at radius 1 is 1.31 bits per heavy atom. The molecule has 0 aliphatic carbocycles. The van der Waals surface area contributed by atoms with Crippen LogP contribution in [-0.2, 0) is 0 Å². The lowest BCUT2D eigenvalue weighted by atomic mass is 10.3. The molecule has 0 saturated carbocycles. The van der Waals surface area contributed by atoms with Crippen LogP contribution in [-0.4, -0.2) is 13.4 Å². The third-order valence-corrected chi connectivity index (χ3v) is 3.96. The second-order valence-corrected chi connectivity index (χ2v) is 5.17. The van der Waals surface area contributed by atoms with Crippen molar-refractivity contribution in [2.24, 2.45) is 0 Å². The molecule has 2 rings (SSSR count). The third-order valence-electron chi connectivity index (χ3n) is 1.99. The molecule has 4 heteroatoms. The molecule has 0 aliphatic heterocycles. The van der Waals surface area contributed by atoms with E-state index in [0.717, 1.165) is 26.7 Å². The quantitative estimate of drug-likeness (QED) is 0.774. The lowest BCUT2D eigenvalue weighted by Gasteiger charge is -2.02. The second-order valence-electron chi connectivity index (χ2n) is 3.08. The van der Waals surface area contributed by atoms with Gasteiger partial charge in [0, 0.05) is 15.2 Å². The first kappa shape index (κ1) is 11.2. The highest BCUT2D eigenvalue weighted by Crippen LogP contribution is 2.32. The second kappa shape index (κ2) is 5.18. The smallest absolute Gasteiger partial charge is 0.160 e. The maximum atomic E-state index is 10.6. The number of thiophene rings is 1. The number of carbonyl (C=O) groups excluding carboxylic acids is 1. The van der Waals surface area contributed by atoms with E-state index in [4.69, 9.17) is 4.74 Å². The van der Waals surface area contributed by atoms with Crippen LogP contribution in [0.1, 0.15) is 9.67 Å². The number of methoxy groups -OCH3 is 1. The fourth-order valence-electron chi connectivity index (χ4n) is 1.25. The van der Waals surface area contributed by atoms with Crippen LogP contribution in [0, 0.1) is 0 Å². The van der Waals surface area contributed by atoms with Crippen molar-refractivity contribution in [1.82, 2.24) is 0 Å². The van der Waals surface area contributed by atoms with Gasteiger partial charge in [-0.2, -0.15) is 0 Å². The van der Waals surface area contributed by atoms with E-state index in [0.29, 0.717) is 0 Å². The van der Waals surface area contributed by atoms with Crippen LogP contribution in [0.5, 0.6) is 5.75 Å². The molecular formula is C12H10O2S2. The van der Waals surface area contributed by atoms with Crippen LogP contribution in [0.4, 0.5) is 0 Å². The molecule has 82 valence electrons. The number of carbonyl (C=O) groups is 1. The molecule has 0 unspecified atom stereocenters. The van der Waals surface area contributed by atoms with Crippen molar-refractivity contribution in [3.63, 3.8) is 0 Å². The van der Waals surface area contributed by atoms with Gasteiger partial charge in [0.05, 0.1) is 12.0 Å². The summed E-state index contributed by atoms with van der Waals surface area (Å²) in [5, 5.41) is 1.98. The van der Waals surface area contributed by atoms with E-state index in [9.17, 15) is 4.79 Å². The molecule has 0 saturated heterocycles. The zero-order chi connectivity index (χ0) is 11.4. The van der Waals surface area contributed by atoms with E-state index >= 15 is 0 Å². The Kier molecular flexibility index (Phi) is 3.64. The van der Waals surface area contributed by atoms with Gasteiger partial charge in [-0.1, -0.05) is 17.8 Å². The predicted octanol–water partition coefficient (Wildman–Crippen LogP) is 3.72. The summed E-state index contributed by atoms with van der Waals surface area (Å²) in [6, 6.07) is 9.75. The zero-order valence-corrected chi connectivity index (χ0v) is 10.3. The van der Waals surface area contributed by atoms with Crippen LogP contribution in [0.25, 0.3) is 0 Å². The Morgan fingerprint density at radius 2 is 2.19 bits per heavy atom. The van der Waals surface area contributed by atoms with Gasteiger partial charge in [-0.05, 0) is 24.3 Å². The Bertz CT molecular complexity index is 491. The standard InChI is InChI=1S/C12H10O2S2/c1-14-9-3-2-4-10(5-9)16-12-6-11(7-13)15-8-12/h2-8H,1H3. The van der Waals surface area contributed by atoms with E-state index < -0.39 is 0 Å². The minimum absolute atomic E-state index is 0.755. The van der Waals surface area contributed by atoms with Gasteiger partial charge in [-0.15, -0.1) is 11.3 Å². The van der Waals surface area contributed by atoms with Crippen molar-refractivity contribution >= 4 is 29.4 Å². The number of hydrogen-bond acceptors (Lipinski definition) is 4. The molecule has 0 aliphatic rings. The number of benzene rings is 1. The molecule has 1 aromatic carbocycles. The molecular weight excluding hydrogens is 240 g/mol.